The first-order valence-electron chi connectivity index (χ1n) is 4.61. The molecule has 0 aromatic carbocycles. The molecule has 14 heavy (non-hydrogen) atoms. The number of halogens is 1. The van der Waals surface area contributed by atoms with Crippen LogP contribution in [0, 0.1) is 3.57 Å². The van der Waals surface area contributed by atoms with Crippen molar-refractivity contribution in [3.63, 3.8) is 0 Å². The molecule has 0 aliphatic heterocycles. The molecule has 1 aromatic rings. The smallest absolute Gasteiger partial charge is 0.142 e. The highest BCUT2D eigenvalue weighted by atomic mass is 127. The van der Waals surface area contributed by atoms with Gasteiger partial charge in [-0.05, 0) is 41.9 Å². The van der Waals surface area contributed by atoms with Crippen molar-refractivity contribution in [2.45, 2.75) is 24.9 Å². The van der Waals surface area contributed by atoms with E-state index in [9.17, 15) is 5.11 Å². The Morgan fingerprint density at radius 3 is 2.93 bits per heavy atom. The second-order valence-corrected chi connectivity index (χ2v) is 4.81. The molecule has 76 valence electrons. The van der Waals surface area contributed by atoms with Gasteiger partial charge in [0.1, 0.15) is 12.1 Å². The molecular formula is C9H12IN3O. The lowest BCUT2D eigenvalue weighted by atomic mass is 9.80. The van der Waals surface area contributed by atoms with Crippen LogP contribution in [0.25, 0.3) is 0 Å². The van der Waals surface area contributed by atoms with E-state index < -0.39 is 5.60 Å². The van der Waals surface area contributed by atoms with Gasteiger partial charge in [0.15, 0.2) is 0 Å². The standard InChI is InChI=1S/C9H12IN3O/c10-7-4-11-6-13-8(7)12-5-9(14)2-1-3-9/h4,6,14H,1-3,5H2,(H,11,12,13). The number of anilines is 1. The average molecular weight is 305 g/mol. The van der Waals surface area contributed by atoms with Gasteiger partial charge in [-0.2, -0.15) is 0 Å². The van der Waals surface area contributed by atoms with E-state index in [4.69, 9.17) is 0 Å². The van der Waals surface area contributed by atoms with Crippen molar-refractivity contribution in [3.8, 4) is 0 Å². The van der Waals surface area contributed by atoms with Crippen molar-refractivity contribution in [1.82, 2.24) is 9.97 Å². The molecule has 0 radical (unpaired) electrons. The SMILES string of the molecule is OC1(CNc2ncncc2I)CCC1. The summed E-state index contributed by atoms with van der Waals surface area (Å²) in [7, 11) is 0. The molecule has 4 nitrogen and oxygen atoms in total. The van der Waals surface area contributed by atoms with E-state index in [0.29, 0.717) is 6.54 Å². The fraction of sp³-hybridized carbons (Fsp3) is 0.556. The Bertz CT molecular complexity index is 328. The van der Waals surface area contributed by atoms with Gasteiger partial charge in [-0.15, -0.1) is 0 Å². The molecule has 1 aliphatic carbocycles. The molecule has 5 heteroatoms. The number of rotatable bonds is 3. The minimum atomic E-state index is -0.506. The maximum absolute atomic E-state index is 9.85. The van der Waals surface area contributed by atoms with E-state index in [2.05, 4.69) is 37.9 Å². The first-order valence-corrected chi connectivity index (χ1v) is 5.69. The number of aromatic nitrogens is 2. The molecule has 0 unspecified atom stereocenters. The van der Waals surface area contributed by atoms with Crippen molar-refractivity contribution in [2.24, 2.45) is 0 Å². The molecule has 0 atom stereocenters. The van der Waals surface area contributed by atoms with Crippen LogP contribution in [0.4, 0.5) is 5.82 Å². The van der Waals surface area contributed by atoms with Gasteiger partial charge >= 0.3 is 0 Å². The summed E-state index contributed by atoms with van der Waals surface area (Å²) >= 11 is 2.17. The molecule has 0 saturated heterocycles. The largest absolute Gasteiger partial charge is 0.388 e. The zero-order chi connectivity index (χ0) is 10.0. The van der Waals surface area contributed by atoms with Crippen molar-refractivity contribution >= 4 is 28.4 Å². The summed E-state index contributed by atoms with van der Waals surface area (Å²) in [6, 6.07) is 0. The van der Waals surface area contributed by atoms with Crippen LogP contribution in [0.15, 0.2) is 12.5 Å². The summed E-state index contributed by atoms with van der Waals surface area (Å²) in [5, 5.41) is 13.0. The molecular weight excluding hydrogens is 293 g/mol. The molecule has 1 fully saturated rings. The van der Waals surface area contributed by atoms with E-state index in [1.165, 1.54) is 6.33 Å². The maximum atomic E-state index is 9.85. The quantitative estimate of drug-likeness (QED) is 0.829. The van der Waals surface area contributed by atoms with Gasteiger partial charge in [-0.3, -0.25) is 0 Å². The lowest BCUT2D eigenvalue weighted by Gasteiger charge is -2.36. The van der Waals surface area contributed by atoms with E-state index in [0.717, 1.165) is 28.7 Å². The third-order valence-corrected chi connectivity index (χ3v) is 3.33. The number of nitrogens with zero attached hydrogens (tertiary/aromatic N) is 2. The summed E-state index contributed by atoms with van der Waals surface area (Å²) < 4.78 is 0.980. The minimum Gasteiger partial charge on any atom is -0.388 e. The maximum Gasteiger partial charge on any atom is 0.142 e. The monoisotopic (exact) mass is 305 g/mol. The molecule has 1 heterocycles. The summed E-state index contributed by atoms with van der Waals surface area (Å²) in [5.41, 5.74) is -0.506. The number of hydrogen-bond acceptors (Lipinski definition) is 4. The molecule has 0 bridgehead atoms. The van der Waals surface area contributed by atoms with Gasteiger partial charge in [0.05, 0.1) is 9.17 Å². The van der Waals surface area contributed by atoms with Crippen LogP contribution in [0.2, 0.25) is 0 Å². The predicted octanol–water partition coefficient (Wildman–Crippen LogP) is 1.41. The highest BCUT2D eigenvalue weighted by molar-refractivity contribution is 14.1. The summed E-state index contributed by atoms with van der Waals surface area (Å²) in [6.07, 6.45) is 6.17. The Hall–Kier alpha value is -0.430. The van der Waals surface area contributed by atoms with Gasteiger partial charge in [0.2, 0.25) is 0 Å². The fourth-order valence-electron chi connectivity index (χ4n) is 1.45. The van der Waals surface area contributed by atoms with Crippen molar-refractivity contribution in [3.05, 3.63) is 16.1 Å². The number of nitrogens with one attached hydrogen (secondary N) is 1. The zero-order valence-electron chi connectivity index (χ0n) is 7.70. The first-order chi connectivity index (χ1) is 6.70. The Morgan fingerprint density at radius 2 is 2.36 bits per heavy atom. The van der Waals surface area contributed by atoms with Gasteiger partial charge < -0.3 is 10.4 Å². The third-order valence-electron chi connectivity index (χ3n) is 2.54. The van der Waals surface area contributed by atoms with Crippen molar-refractivity contribution in [1.29, 1.82) is 0 Å². The Morgan fingerprint density at radius 1 is 1.57 bits per heavy atom. The van der Waals surface area contributed by atoms with Crippen LogP contribution in [-0.2, 0) is 0 Å². The van der Waals surface area contributed by atoms with Gasteiger partial charge in [-0.25, -0.2) is 9.97 Å². The lowest BCUT2D eigenvalue weighted by Crippen LogP contribution is -2.43. The fourth-order valence-corrected chi connectivity index (χ4v) is 1.94. The summed E-state index contributed by atoms with van der Waals surface area (Å²) in [6.45, 7) is 0.583. The van der Waals surface area contributed by atoms with Crippen LogP contribution < -0.4 is 5.32 Å². The van der Waals surface area contributed by atoms with Crippen LogP contribution in [0.5, 0.6) is 0 Å². The molecule has 1 saturated carbocycles. The molecule has 0 spiro atoms. The number of hydrogen-bond donors (Lipinski definition) is 2. The zero-order valence-corrected chi connectivity index (χ0v) is 9.86. The van der Waals surface area contributed by atoms with Crippen molar-refractivity contribution in [2.75, 3.05) is 11.9 Å². The van der Waals surface area contributed by atoms with Crippen LogP contribution >= 0.6 is 22.6 Å². The Balaban J connectivity index is 1.95. The van der Waals surface area contributed by atoms with E-state index in [1.807, 2.05) is 0 Å². The molecule has 0 amide bonds. The highest BCUT2D eigenvalue weighted by Gasteiger charge is 2.34. The Labute approximate surface area is 96.3 Å². The van der Waals surface area contributed by atoms with E-state index in [-0.39, 0.29) is 0 Å². The number of aliphatic hydroxyl groups is 1. The second kappa shape index (κ2) is 3.98. The average Bonchev–Trinajstić information content (AvgIpc) is 2.14. The highest BCUT2D eigenvalue weighted by Crippen LogP contribution is 2.31. The normalized spacial score (nSPS) is 18.7. The predicted molar refractivity (Wildman–Crippen MR) is 62.0 cm³/mol. The van der Waals surface area contributed by atoms with Gasteiger partial charge in [0, 0.05) is 12.7 Å². The summed E-state index contributed by atoms with van der Waals surface area (Å²) in [5.74, 6) is 0.806. The second-order valence-electron chi connectivity index (χ2n) is 3.65. The molecule has 2 rings (SSSR count). The molecule has 1 aliphatic rings. The summed E-state index contributed by atoms with van der Waals surface area (Å²) in [4.78, 5) is 8.00. The topological polar surface area (TPSA) is 58.0 Å². The minimum absolute atomic E-state index is 0.506. The van der Waals surface area contributed by atoms with Crippen LogP contribution in [0.1, 0.15) is 19.3 Å². The van der Waals surface area contributed by atoms with Crippen molar-refractivity contribution < 1.29 is 5.11 Å². The first kappa shape index (κ1) is 10.1. The lowest BCUT2D eigenvalue weighted by molar-refractivity contribution is -0.0202. The Kier molecular flexibility index (Phi) is 2.87. The van der Waals surface area contributed by atoms with E-state index in [1.54, 1.807) is 6.20 Å². The third kappa shape index (κ3) is 2.14. The van der Waals surface area contributed by atoms with Gasteiger partial charge in [-0.1, -0.05) is 0 Å². The van der Waals surface area contributed by atoms with Gasteiger partial charge in [0.25, 0.3) is 0 Å². The van der Waals surface area contributed by atoms with Crippen LogP contribution in [-0.4, -0.2) is 27.2 Å². The van der Waals surface area contributed by atoms with Crippen LogP contribution in [0.3, 0.4) is 0 Å². The molecule has 1 aromatic heterocycles. The molecule has 2 N–H and O–H groups in total. The van der Waals surface area contributed by atoms with E-state index >= 15 is 0 Å².